The first-order valence-electron chi connectivity index (χ1n) is 4.10. The number of nitrogens with two attached hydrogens (primary N) is 1. The molecule has 0 fully saturated rings. The summed E-state index contributed by atoms with van der Waals surface area (Å²) in [7, 11) is 0. The molecule has 0 radical (unpaired) electrons. The van der Waals surface area contributed by atoms with E-state index in [1.54, 1.807) is 0 Å². The summed E-state index contributed by atoms with van der Waals surface area (Å²) in [5.74, 6) is -0.724. The van der Waals surface area contributed by atoms with Gasteiger partial charge in [0.15, 0.2) is 0 Å². The van der Waals surface area contributed by atoms with Gasteiger partial charge in [-0.2, -0.15) is 0 Å². The summed E-state index contributed by atoms with van der Waals surface area (Å²) in [4.78, 5) is 0. The first kappa shape index (κ1) is 15.8. The van der Waals surface area contributed by atoms with E-state index < -0.39 is 24.7 Å². The fourth-order valence-electron chi connectivity index (χ4n) is 1.19. The zero-order valence-electron chi connectivity index (χ0n) is 7.89. The molecular formula is C9H9Cl3F3N. The van der Waals surface area contributed by atoms with Gasteiger partial charge in [-0.1, -0.05) is 23.2 Å². The fourth-order valence-corrected chi connectivity index (χ4v) is 1.65. The first-order valence-corrected chi connectivity index (χ1v) is 4.86. The van der Waals surface area contributed by atoms with Crippen LogP contribution in [0.15, 0.2) is 12.1 Å². The van der Waals surface area contributed by atoms with Gasteiger partial charge in [0.25, 0.3) is 0 Å². The van der Waals surface area contributed by atoms with Crippen LogP contribution in [-0.4, -0.2) is 6.43 Å². The van der Waals surface area contributed by atoms with Crippen LogP contribution >= 0.6 is 35.6 Å². The Morgan fingerprint density at radius 1 is 1.25 bits per heavy atom. The lowest BCUT2D eigenvalue weighted by Gasteiger charge is -2.14. The van der Waals surface area contributed by atoms with Crippen LogP contribution in [0, 0.1) is 5.82 Å². The third-order valence-corrected chi connectivity index (χ3v) is 2.70. The van der Waals surface area contributed by atoms with E-state index in [-0.39, 0.29) is 28.0 Å². The number of alkyl halides is 2. The Hall–Kier alpha value is -0.160. The summed E-state index contributed by atoms with van der Waals surface area (Å²) in [6.07, 6.45) is -3.27. The number of hydrogen-bond acceptors (Lipinski definition) is 1. The predicted octanol–water partition coefficient (Wildman–Crippen LogP) is 4.21. The highest BCUT2D eigenvalue weighted by atomic mass is 35.5. The molecule has 1 nitrogen and oxygen atoms in total. The minimum absolute atomic E-state index is 0. The molecule has 16 heavy (non-hydrogen) atoms. The van der Waals surface area contributed by atoms with Crippen molar-refractivity contribution in [1.29, 1.82) is 0 Å². The molecule has 0 spiro atoms. The van der Waals surface area contributed by atoms with Crippen LogP contribution in [0.3, 0.4) is 0 Å². The zero-order valence-corrected chi connectivity index (χ0v) is 10.2. The van der Waals surface area contributed by atoms with Gasteiger partial charge >= 0.3 is 0 Å². The number of benzene rings is 1. The largest absolute Gasteiger partial charge is 0.324 e. The van der Waals surface area contributed by atoms with E-state index >= 15 is 0 Å². The van der Waals surface area contributed by atoms with Gasteiger partial charge in [-0.15, -0.1) is 12.4 Å². The van der Waals surface area contributed by atoms with E-state index in [0.717, 1.165) is 6.07 Å². The van der Waals surface area contributed by atoms with Crippen molar-refractivity contribution in [3.05, 3.63) is 33.6 Å². The lowest BCUT2D eigenvalue weighted by atomic mass is 10.0. The summed E-state index contributed by atoms with van der Waals surface area (Å²) in [5.41, 5.74) is 5.24. The molecule has 1 aromatic rings. The number of hydrogen-bond donors (Lipinski definition) is 1. The van der Waals surface area contributed by atoms with E-state index in [4.69, 9.17) is 28.9 Å². The average molecular weight is 295 g/mol. The van der Waals surface area contributed by atoms with Crippen molar-refractivity contribution in [2.24, 2.45) is 5.73 Å². The van der Waals surface area contributed by atoms with Crippen molar-refractivity contribution < 1.29 is 13.2 Å². The van der Waals surface area contributed by atoms with Crippen LogP contribution in [0.5, 0.6) is 0 Å². The minimum atomic E-state index is -2.62. The SMILES string of the molecule is Cl.N[C@H](CC(F)F)c1c(F)ccc(Cl)c1Cl. The molecule has 0 heterocycles. The standard InChI is InChI=1S/C9H8Cl2F3N.ClH/c10-4-1-2-5(12)8(9(4)11)6(15)3-7(13)14;/h1-2,6-7H,3,15H2;1H/t6-;/m1./s1. The normalized spacial score (nSPS) is 12.4. The van der Waals surface area contributed by atoms with Gasteiger partial charge in [0.05, 0.1) is 10.0 Å². The topological polar surface area (TPSA) is 26.0 Å². The van der Waals surface area contributed by atoms with Gasteiger partial charge in [0.2, 0.25) is 6.43 Å². The summed E-state index contributed by atoms with van der Waals surface area (Å²) in [6, 6.07) is 1.14. The highest BCUT2D eigenvalue weighted by molar-refractivity contribution is 6.42. The van der Waals surface area contributed by atoms with Crippen molar-refractivity contribution in [2.75, 3.05) is 0 Å². The Bertz CT molecular complexity index is 360. The lowest BCUT2D eigenvalue weighted by molar-refractivity contribution is 0.128. The fraction of sp³-hybridized carbons (Fsp3) is 0.333. The number of halogens is 6. The summed E-state index contributed by atoms with van der Waals surface area (Å²) >= 11 is 11.3. The summed E-state index contributed by atoms with van der Waals surface area (Å²) in [6.45, 7) is 0. The van der Waals surface area contributed by atoms with E-state index in [1.807, 2.05) is 0 Å². The van der Waals surface area contributed by atoms with E-state index in [2.05, 4.69) is 0 Å². The molecule has 1 rings (SSSR count). The molecule has 0 saturated heterocycles. The van der Waals surface area contributed by atoms with Crippen LogP contribution in [0.2, 0.25) is 10.0 Å². The molecule has 0 aliphatic rings. The van der Waals surface area contributed by atoms with Crippen molar-refractivity contribution in [3.8, 4) is 0 Å². The van der Waals surface area contributed by atoms with Gasteiger partial charge in [-0.25, -0.2) is 13.2 Å². The van der Waals surface area contributed by atoms with Crippen LogP contribution in [0.1, 0.15) is 18.0 Å². The molecule has 0 amide bonds. The van der Waals surface area contributed by atoms with Crippen LogP contribution < -0.4 is 5.73 Å². The maximum absolute atomic E-state index is 13.3. The number of rotatable bonds is 3. The molecule has 0 unspecified atom stereocenters. The second-order valence-electron chi connectivity index (χ2n) is 2.99. The van der Waals surface area contributed by atoms with Gasteiger partial charge in [0, 0.05) is 18.0 Å². The maximum Gasteiger partial charge on any atom is 0.240 e. The molecule has 0 aliphatic heterocycles. The molecule has 2 N–H and O–H groups in total. The highest BCUT2D eigenvalue weighted by Gasteiger charge is 2.20. The Balaban J connectivity index is 0.00000225. The quantitative estimate of drug-likeness (QED) is 0.830. The zero-order chi connectivity index (χ0) is 11.6. The molecule has 92 valence electrons. The Labute approximate surface area is 107 Å². The molecule has 1 aromatic carbocycles. The molecule has 7 heteroatoms. The third kappa shape index (κ3) is 3.70. The van der Waals surface area contributed by atoms with Crippen molar-refractivity contribution in [2.45, 2.75) is 18.9 Å². The monoisotopic (exact) mass is 293 g/mol. The Kier molecular flexibility index (Phi) is 6.48. The first-order chi connectivity index (χ1) is 6.93. The van der Waals surface area contributed by atoms with Crippen LogP contribution in [0.25, 0.3) is 0 Å². The second kappa shape index (κ2) is 6.55. The van der Waals surface area contributed by atoms with Crippen molar-refractivity contribution >= 4 is 35.6 Å². The Morgan fingerprint density at radius 3 is 2.31 bits per heavy atom. The van der Waals surface area contributed by atoms with Crippen molar-refractivity contribution in [3.63, 3.8) is 0 Å². The highest BCUT2D eigenvalue weighted by Crippen LogP contribution is 2.33. The molecule has 1 atom stereocenters. The third-order valence-electron chi connectivity index (χ3n) is 1.88. The van der Waals surface area contributed by atoms with E-state index in [0.29, 0.717) is 0 Å². The molecular weight excluding hydrogens is 285 g/mol. The van der Waals surface area contributed by atoms with E-state index in [1.165, 1.54) is 6.07 Å². The molecule has 0 aromatic heterocycles. The van der Waals surface area contributed by atoms with Gasteiger partial charge < -0.3 is 5.73 Å². The van der Waals surface area contributed by atoms with Crippen LogP contribution in [0.4, 0.5) is 13.2 Å². The molecule has 0 saturated carbocycles. The van der Waals surface area contributed by atoms with Crippen LogP contribution in [-0.2, 0) is 0 Å². The van der Waals surface area contributed by atoms with Crippen molar-refractivity contribution in [1.82, 2.24) is 0 Å². The second-order valence-corrected chi connectivity index (χ2v) is 3.78. The van der Waals surface area contributed by atoms with E-state index in [9.17, 15) is 13.2 Å². The summed E-state index contributed by atoms with van der Waals surface area (Å²) < 4.78 is 37.4. The summed E-state index contributed by atoms with van der Waals surface area (Å²) in [5, 5.41) is -0.0115. The average Bonchev–Trinajstić information content (AvgIpc) is 2.11. The molecule has 0 aliphatic carbocycles. The van der Waals surface area contributed by atoms with Gasteiger partial charge in [0.1, 0.15) is 5.82 Å². The van der Waals surface area contributed by atoms with Gasteiger partial charge in [-0.3, -0.25) is 0 Å². The Morgan fingerprint density at radius 2 is 1.81 bits per heavy atom. The van der Waals surface area contributed by atoms with Gasteiger partial charge in [-0.05, 0) is 12.1 Å². The minimum Gasteiger partial charge on any atom is -0.324 e. The smallest absolute Gasteiger partial charge is 0.240 e. The maximum atomic E-state index is 13.3. The predicted molar refractivity (Wildman–Crippen MR) is 61.2 cm³/mol. The lowest BCUT2D eigenvalue weighted by Crippen LogP contribution is -2.16. The molecule has 0 bridgehead atoms.